The molecule has 0 radical (unpaired) electrons. The molecule has 2 aromatic carbocycles. The molecule has 2 rings (SSSR count). The predicted molar refractivity (Wildman–Crippen MR) is 140 cm³/mol. The Bertz CT molecular complexity index is 969. The van der Waals surface area contributed by atoms with E-state index in [0.29, 0.717) is 40.2 Å². The quantitative estimate of drug-likeness (QED) is 0.414. The monoisotopic (exact) mass is 506 g/mol. The number of hydrogen-bond acceptors (Lipinski definition) is 3. The van der Waals surface area contributed by atoms with Gasteiger partial charge in [-0.3, -0.25) is 9.59 Å². The van der Waals surface area contributed by atoms with Crippen molar-refractivity contribution in [3.05, 3.63) is 63.6 Å². The van der Waals surface area contributed by atoms with Crippen LogP contribution in [-0.4, -0.2) is 35.9 Å². The summed E-state index contributed by atoms with van der Waals surface area (Å²) in [6.07, 6.45) is 0.459. The minimum Gasteiger partial charge on any atom is -0.484 e. The van der Waals surface area contributed by atoms with Gasteiger partial charge in [-0.1, -0.05) is 82.9 Å². The number of amides is 2. The van der Waals surface area contributed by atoms with Crippen molar-refractivity contribution < 1.29 is 14.3 Å². The summed E-state index contributed by atoms with van der Waals surface area (Å²) in [6.45, 7) is 12.9. The Kier molecular flexibility index (Phi) is 10.3. The van der Waals surface area contributed by atoms with Gasteiger partial charge in [-0.05, 0) is 53.1 Å². The summed E-state index contributed by atoms with van der Waals surface area (Å²) in [5, 5.41) is 3.90. The smallest absolute Gasteiger partial charge is 0.261 e. The van der Waals surface area contributed by atoms with Crippen molar-refractivity contribution in [1.82, 2.24) is 10.2 Å². The van der Waals surface area contributed by atoms with E-state index in [4.69, 9.17) is 27.9 Å². The maximum Gasteiger partial charge on any atom is 0.261 e. The van der Waals surface area contributed by atoms with Gasteiger partial charge in [-0.25, -0.2) is 0 Å². The average Bonchev–Trinajstić information content (AvgIpc) is 2.77. The average molecular weight is 508 g/mol. The fraction of sp³-hybridized carbons (Fsp3) is 0.481. The Labute approximate surface area is 213 Å². The van der Waals surface area contributed by atoms with E-state index in [0.717, 1.165) is 0 Å². The summed E-state index contributed by atoms with van der Waals surface area (Å²) in [5.74, 6) is 0.417. The number of rotatable bonds is 10. The lowest BCUT2D eigenvalue weighted by Gasteiger charge is -2.31. The highest BCUT2D eigenvalue weighted by molar-refractivity contribution is 6.35. The third-order valence-electron chi connectivity index (χ3n) is 5.51. The molecule has 0 unspecified atom stereocenters. The zero-order valence-electron chi connectivity index (χ0n) is 21.0. The van der Waals surface area contributed by atoms with Crippen LogP contribution in [0.5, 0.6) is 5.75 Å². The highest BCUT2D eigenvalue weighted by atomic mass is 35.5. The molecule has 0 heterocycles. The van der Waals surface area contributed by atoms with Gasteiger partial charge in [-0.2, -0.15) is 0 Å². The number of hydrogen-bond donors (Lipinski definition) is 1. The zero-order valence-corrected chi connectivity index (χ0v) is 22.5. The van der Waals surface area contributed by atoms with Crippen LogP contribution in [0.2, 0.25) is 10.0 Å². The van der Waals surface area contributed by atoms with Gasteiger partial charge in [0.1, 0.15) is 11.8 Å². The molecule has 0 bridgehead atoms. The maximum absolute atomic E-state index is 13.3. The first-order chi connectivity index (χ1) is 15.9. The molecule has 0 aromatic heterocycles. The van der Waals surface area contributed by atoms with Gasteiger partial charge in [0.25, 0.3) is 5.91 Å². The maximum atomic E-state index is 13.3. The minimum absolute atomic E-state index is 0.0285. The second-order valence-corrected chi connectivity index (χ2v) is 10.7. The molecule has 7 heteroatoms. The fourth-order valence-corrected chi connectivity index (χ4v) is 3.92. The Morgan fingerprint density at radius 1 is 1.06 bits per heavy atom. The van der Waals surface area contributed by atoms with Gasteiger partial charge in [0, 0.05) is 23.1 Å². The molecular weight excluding hydrogens is 471 g/mol. The fourth-order valence-electron chi connectivity index (χ4n) is 3.45. The van der Waals surface area contributed by atoms with Crippen LogP contribution in [0.1, 0.15) is 59.1 Å². The first-order valence-corrected chi connectivity index (χ1v) is 12.4. The standard InChI is InChI=1S/C27H36Cl2N2O3/c1-7-24(26(33)30-15-18(2)3)31(16-19-8-11-21(28)14-23(19)29)25(32)17-34-22-12-9-20(10-13-22)27(4,5)6/h8-14,18,24H,7,15-17H2,1-6H3,(H,30,33)/t24-/m0/s1. The normalized spacial score (nSPS) is 12.4. The van der Waals surface area contributed by atoms with Crippen LogP contribution >= 0.6 is 23.2 Å². The predicted octanol–water partition coefficient (Wildman–Crippen LogP) is 6.25. The third-order valence-corrected chi connectivity index (χ3v) is 6.10. The summed E-state index contributed by atoms with van der Waals surface area (Å²) in [5.41, 5.74) is 1.92. The summed E-state index contributed by atoms with van der Waals surface area (Å²) < 4.78 is 5.80. The lowest BCUT2D eigenvalue weighted by atomic mass is 9.87. The number of halogens is 2. The third kappa shape index (κ3) is 8.21. The molecular formula is C27H36Cl2N2O3. The molecule has 1 atom stereocenters. The van der Waals surface area contributed by atoms with Gasteiger partial charge >= 0.3 is 0 Å². The molecule has 0 aliphatic carbocycles. The van der Waals surface area contributed by atoms with E-state index in [1.54, 1.807) is 18.2 Å². The molecule has 0 aliphatic rings. The molecule has 186 valence electrons. The second-order valence-electron chi connectivity index (χ2n) is 9.88. The van der Waals surface area contributed by atoms with E-state index in [9.17, 15) is 9.59 Å². The molecule has 5 nitrogen and oxygen atoms in total. The minimum atomic E-state index is -0.648. The molecule has 34 heavy (non-hydrogen) atoms. The Morgan fingerprint density at radius 2 is 1.71 bits per heavy atom. The molecule has 1 N–H and O–H groups in total. The van der Waals surface area contributed by atoms with E-state index in [1.807, 2.05) is 45.0 Å². The zero-order chi connectivity index (χ0) is 25.5. The van der Waals surface area contributed by atoms with Crippen molar-refractivity contribution in [1.29, 1.82) is 0 Å². The van der Waals surface area contributed by atoms with Gasteiger partial charge in [-0.15, -0.1) is 0 Å². The Hall–Kier alpha value is -2.24. The van der Waals surface area contributed by atoms with E-state index in [-0.39, 0.29) is 30.4 Å². The van der Waals surface area contributed by atoms with Crippen LogP contribution in [-0.2, 0) is 21.5 Å². The summed E-state index contributed by atoms with van der Waals surface area (Å²) in [6, 6.07) is 12.2. The van der Waals surface area contributed by atoms with Crippen LogP contribution in [0.25, 0.3) is 0 Å². The SMILES string of the molecule is CC[C@@H](C(=O)NCC(C)C)N(Cc1ccc(Cl)cc1Cl)C(=O)COc1ccc(C(C)(C)C)cc1. The Morgan fingerprint density at radius 3 is 2.24 bits per heavy atom. The molecule has 2 aromatic rings. The molecule has 0 spiro atoms. The summed E-state index contributed by atoms with van der Waals surface area (Å²) in [7, 11) is 0. The van der Waals surface area contributed by atoms with E-state index in [2.05, 4.69) is 26.1 Å². The highest BCUT2D eigenvalue weighted by Gasteiger charge is 2.29. The number of carbonyl (C=O) groups is 2. The van der Waals surface area contributed by atoms with Crippen LogP contribution in [0, 0.1) is 5.92 Å². The number of nitrogens with one attached hydrogen (secondary N) is 1. The first-order valence-electron chi connectivity index (χ1n) is 11.7. The van der Waals surface area contributed by atoms with Crippen molar-refractivity contribution in [3.63, 3.8) is 0 Å². The Balaban J connectivity index is 2.22. The lowest BCUT2D eigenvalue weighted by Crippen LogP contribution is -2.50. The van der Waals surface area contributed by atoms with Crippen LogP contribution < -0.4 is 10.1 Å². The first kappa shape index (κ1) is 28.0. The number of ether oxygens (including phenoxy) is 1. The van der Waals surface area contributed by atoms with E-state index in [1.165, 1.54) is 10.5 Å². The second kappa shape index (κ2) is 12.5. The number of benzene rings is 2. The summed E-state index contributed by atoms with van der Waals surface area (Å²) >= 11 is 12.4. The largest absolute Gasteiger partial charge is 0.484 e. The topological polar surface area (TPSA) is 58.6 Å². The highest BCUT2D eigenvalue weighted by Crippen LogP contribution is 2.25. The number of nitrogens with zero attached hydrogens (tertiary/aromatic N) is 1. The molecule has 0 saturated heterocycles. The van der Waals surface area contributed by atoms with Crippen molar-refractivity contribution in [3.8, 4) is 5.75 Å². The van der Waals surface area contributed by atoms with Crippen LogP contribution in [0.3, 0.4) is 0 Å². The van der Waals surface area contributed by atoms with E-state index >= 15 is 0 Å². The van der Waals surface area contributed by atoms with Gasteiger partial charge in [0.15, 0.2) is 6.61 Å². The van der Waals surface area contributed by atoms with Gasteiger partial charge < -0.3 is 15.0 Å². The van der Waals surface area contributed by atoms with Crippen molar-refractivity contribution in [2.75, 3.05) is 13.2 Å². The van der Waals surface area contributed by atoms with Crippen molar-refractivity contribution >= 4 is 35.0 Å². The number of carbonyl (C=O) groups excluding carboxylic acids is 2. The van der Waals surface area contributed by atoms with Crippen molar-refractivity contribution in [2.45, 2.75) is 66.0 Å². The molecule has 0 saturated carbocycles. The lowest BCUT2D eigenvalue weighted by molar-refractivity contribution is -0.143. The summed E-state index contributed by atoms with van der Waals surface area (Å²) in [4.78, 5) is 27.8. The van der Waals surface area contributed by atoms with Crippen LogP contribution in [0.4, 0.5) is 0 Å². The van der Waals surface area contributed by atoms with Gasteiger partial charge in [0.05, 0.1) is 0 Å². The molecule has 0 fully saturated rings. The van der Waals surface area contributed by atoms with Crippen LogP contribution in [0.15, 0.2) is 42.5 Å². The molecule has 2 amide bonds. The molecule has 0 aliphatic heterocycles. The van der Waals surface area contributed by atoms with Gasteiger partial charge in [0.2, 0.25) is 5.91 Å². The van der Waals surface area contributed by atoms with Crippen molar-refractivity contribution in [2.24, 2.45) is 5.92 Å². The van der Waals surface area contributed by atoms with E-state index < -0.39 is 6.04 Å².